The van der Waals surface area contributed by atoms with Crippen molar-refractivity contribution in [3.63, 3.8) is 0 Å². The first-order valence-corrected chi connectivity index (χ1v) is 9.08. The topological polar surface area (TPSA) is 34.0 Å². The second-order valence-electron chi connectivity index (χ2n) is 7.32. The Bertz CT molecular complexity index is 856. The molecule has 4 heteroatoms. The Kier molecular flexibility index (Phi) is 3.63. The number of fused-ring (bicyclic) bond motifs is 2. The molecule has 1 aromatic carbocycles. The third-order valence-corrected chi connectivity index (χ3v) is 5.65. The van der Waals surface area contributed by atoms with Gasteiger partial charge in [0.05, 0.1) is 11.9 Å². The van der Waals surface area contributed by atoms with Crippen LogP contribution in [0.25, 0.3) is 11.3 Å². The molecule has 1 fully saturated rings. The van der Waals surface area contributed by atoms with Gasteiger partial charge >= 0.3 is 0 Å². The predicted molar refractivity (Wildman–Crippen MR) is 97.9 cm³/mol. The molecule has 5 rings (SSSR count). The van der Waals surface area contributed by atoms with Crippen LogP contribution < -0.4 is 0 Å². The summed E-state index contributed by atoms with van der Waals surface area (Å²) in [7, 11) is 0. The van der Waals surface area contributed by atoms with Gasteiger partial charge in [0.2, 0.25) is 0 Å². The molecule has 0 radical (unpaired) electrons. The number of pyridine rings is 1. The zero-order chi connectivity index (χ0) is 16.6. The van der Waals surface area contributed by atoms with E-state index in [0.717, 1.165) is 31.3 Å². The average Bonchev–Trinajstić information content (AvgIpc) is 3.24. The summed E-state index contributed by atoms with van der Waals surface area (Å²) in [5, 5.41) is 0. The van der Waals surface area contributed by atoms with Crippen LogP contribution in [0.1, 0.15) is 11.4 Å². The highest BCUT2D eigenvalue weighted by molar-refractivity contribution is 5.59. The lowest BCUT2D eigenvalue weighted by atomic mass is 9.89. The van der Waals surface area contributed by atoms with Gasteiger partial charge in [-0.2, -0.15) is 0 Å². The molecule has 0 saturated carbocycles. The zero-order valence-electron chi connectivity index (χ0n) is 14.3. The Balaban J connectivity index is 1.35. The molecule has 0 bridgehead atoms. The van der Waals surface area contributed by atoms with Crippen LogP contribution in [-0.2, 0) is 19.5 Å². The fourth-order valence-corrected chi connectivity index (χ4v) is 4.44. The third kappa shape index (κ3) is 2.76. The van der Waals surface area contributed by atoms with Gasteiger partial charge in [-0.15, -0.1) is 0 Å². The summed E-state index contributed by atoms with van der Waals surface area (Å²) in [4.78, 5) is 11.6. The summed E-state index contributed by atoms with van der Waals surface area (Å²) < 4.78 is 2.45. The Hall–Kier alpha value is -2.46. The zero-order valence-corrected chi connectivity index (χ0v) is 14.3. The lowest BCUT2D eigenvalue weighted by Gasteiger charge is -2.27. The van der Waals surface area contributed by atoms with E-state index in [0.29, 0.717) is 0 Å². The van der Waals surface area contributed by atoms with Gasteiger partial charge in [-0.05, 0) is 29.0 Å². The van der Waals surface area contributed by atoms with Gasteiger partial charge in [0.15, 0.2) is 0 Å². The number of likely N-dealkylation sites (tertiary alicyclic amines) is 1. The van der Waals surface area contributed by atoms with Crippen LogP contribution in [0.15, 0.2) is 61.1 Å². The molecular formula is C21H22N4. The maximum atomic E-state index is 4.74. The van der Waals surface area contributed by atoms with E-state index in [9.17, 15) is 0 Å². The molecule has 2 aliphatic rings. The SMILES string of the molecule is c1ccc(-c2cnc3n2C[C@@H]2CN(Cc4cccnc4)C[C@@H]2C3)cc1. The quantitative estimate of drug-likeness (QED) is 0.739. The molecule has 0 aliphatic carbocycles. The molecule has 0 unspecified atom stereocenters. The molecular weight excluding hydrogens is 308 g/mol. The summed E-state index contributed by atoms with van der Waals surface area (Å²) in [5.41, 5.74) is 3.84. The molecule has 2 atom stereocenters. The van der Waals surface area contributed by atoms with Gasteiger partial charge in [0.1, 0.15) is 5.82 Å². The highest BCUT2D eigenvalue weighted by atomic mass is 15.2. The molecule has 4 heterocycles. The lowest BCUT2D eigenvalue weighted by molar-refractivity contribution is 0.307. The maximum Gasteiger partial charge on any atom is 0.109 e. The summed E-state index contributed by atoms with van der Waals surface area (Å²) in [5.74, 6) is 2.71. The highest BCUT2D eigenvalue weighted by Crippen LogP contribution is 2.35. The number of rotatable bonds is 3. The standard InChI is InChI=1S/C21H22N4/c1-2-6-17(7-3-1)20-11-23-21-9-18-13-24(14-19(18)15-25(20)21)12-16-5-4-8-22-10-16/h1-8,10-11,18-19H,9,12-15H2/t18-,19-/m0/s1. The van der Waals surface area contributed by atoms with Crippen molar-refractivity contribution in [1.82, 2.24) is 19.4 Å². The van der Waals surface area contributed by atoms with Crippen LogP contribution in [0.4, 0.5) is 0 Å². The van der Waals surface area contributed by atoms with Gasteiger partial charge < -0.3 is 4.57 Å². The van der Waals surface area contributed by atoms with Crippen LogP contribution in [-0.4, -0.2) is 32.5 Å². The molecule has 25 heavy (non-hydrogen) atoms. The number of benzene rings is 1. The van der Waals surface area contributed by atoms with Crippen LogP contribution in [0.3, 0.4) is 0 Å². The number of aromatic nitrogens is 3. The number of hydrogen-bond donors (Lipinski definition) is 0. The van der Waals surface area contributed by atoms with Gasteiger partial charge in [-0.1, -0.05) is 36.4 Å². The predicted octanol–water partition coefficient (Wildman–Crippen LogP) is 3.25. The van der Waals surface area contributed by atoms with Crippen molar-refractivity contribution in [2.45, 2.75) is 19.5 Å². The third-order valence-electron chi connectivity index (χ3n) is 5.65. The van der Waals surface area contributed by atoms with E-state index in [2.05, 4.69) is 57.0 Å². The molecule has 0 N–H and O–H groups in total. The van der Waals surface area contributed by atoms with Crippen LogP contribution in [0.2, 0.25) is 0 Å². The van der Waals surface area contributed by atoms with Gasteiger partial charge in [0.25, 0.3) is 0 Å². The van der Waals surface area contributed by atoms with Crippen molar-refractivity contribution in [3.05, 3.63) is 72.4 Å². The molecule has 1 saturated heterocycles. The Morgan fingerprint density at radius 2 is 1.80 bits per heavy atom. The highest BCUT2D eigenvalue weighted by Gasteiger charge is 2.37. The van der Waals surface area contributed by atoms with Crippen LogP contribution >= 0.6 is 0 Å². The van der Waals surface area contributed by atoms with E-state index < -0.39 is 0 Å². The smallest absolute Gasteiger partial charge is 0.109 e. The number of hydrogen-bond acceptors (Lipinski definition) is 3. The van der Waals surface area contributed by atoms with E-state index in [1.165, 1.54) is 35.7 Å². The molecule has 0 amide bonds. The molecule has 2 aromatic heterocycles. The first-order chi connectivity index (χ1) is 12.4. The maximum absolute atomic E-state index is 4.74. The molecule has 126 valence electrons. The van der Waals surface area contributed by atoms with Crippen molar-refractivity contribution in [1.29, 1.82) is 0 Å². The second-order valence-corrected chi connectivity index (χ2v) is 7.32. The van der Waals surface area contributed by atoms with Crippen molar-refractivity contribution >= 4 is 0 Å². The Morgan fingerprint density at radius 3 is 2.64 bits per heavy atom. The summed E-state index contributed by atoms with van der Waals surface area (Å²) in [6.07, 6.45) is 6.98. The van der Waals surface area contributed by atoms with E-state index in [1.807, 2.05) is 18.5 Å². The molecule has 3 aromatic rings. The second kappa shape index (κ2) is 6.12. The normalized spacial score (nSPS) is 22.6. The minimum atomic E-state index is 0.723. The van der Waals surface area contributed by atoms with Crippen molar-refractivity contribution in [3.8, 4) is 11.3 Å². The lowest BCUT2D eigenvalue weighted by Crippen LogP contribution is -2.28. The van der Waals surface area contributed by atoms with Gasteiger partial charge in [-0.3, -0.25) is 9.88 Å². The fourth-order valence-electron chi connectivity index (χ4n) is 4.44. The minimum absolute atomic E-state index is 0.723. The average molecular weight is 330 g/mol. The van der Waals surface area contributed by atoms with E-state index >= 15 is 0 Å². The molecule has 2 aliphatic heterocycles. The first-order valence-electron chi connectivity index (χ1n) is 9.08. The van der Waals surface area contributed by atoms with E-state index in [1.54, 1.807) is 0 Å². The Labute approximate surface area is 148 Å². The van der Waals surface area contributed by atoms with Crippen molar-refractivity contribution in [2.24, 2.45) is 11.8 Å². The monoisotopic (exact) mass is 330 g/mol. The fraction of sp³-hybridized carbons (Fsp3) is 0.333. The molecule has 4 nitrogen and oxygen atoms in total. The van der Waals surface area contributed by atoms with E-state index in [4.69, 9.17) is 4.98 Å². The summed E-state index contributed by atoms with van der Waals surface area (Å²) in [6.45, 7) is 4.45. The van der Waals surface area contributed by atoms with Gasteiger partial charge in [-0.25, -0.2) is 4.98 Å². The van der Waals surface area contributed by atoms with E-state index in [-0.39, 0.29) is 0 Å². The first kappa shape index (κ1) is 14.8. The largest absolute Gasteiger partial charge is 0.328 e. The van der Waals surface area contributed by atoms with Gasteiger partial charge in [0, 0.05) is 45.0 Å². The minimum Gasteiger partial charge on any atom is -0.328 e. The van der Waals surface area contributed by atoms with Crippen LogP contribution in [0, 0.1) is 11.8 Å². The van der Waals surface area contributed by atoms with Crippen molar-refractivity contribution < 1.29 is 0 Å². The van der Waals surface area contributed by atoms with Crippen LogP contribution in [0.5, 0.6) is 0 Å². The molecule has 0 spiro atoms. The number of imidazole rings is 1. The summed E-state index contributed by atoms with van der Waals surface area (Å²) >= 11 is 0. The number of nitrogens with zero attached hydrogens (tertiary/aromatic N) is 4. The summed E-state index contributed by atoms with van der Waals surface area (Å²) in [6, 6.07) is 14.8. The Morgan fingerprint density at radius 1 is 0.920 bits per heavy atom. The van der Waals surface area contributed by atoms with Crippen molar-refractivity contribution in [2.75, 3.05) is 13.1 Å².